The Bertz CT molecular complexity index is 1000. The summed E-state index contributed by atoms with van der Waals surface area (Å²) in [6.45, 7) is 78.0. The van der Waals surface area contributed by atoms with Crippen LogP contribution in [0.1, 0.15) is 249 Å². The second kappa shape index (κ2) is 13.6. The molecule has 0 saturated carbocycles. The van der Waals surface area contributed by atoms with E-state index in [2.05, 4.69) is 249 Å². The van der Waals surface area contributed by atoms with Crippen LogP contribution in [0.2, 0.25) is 0 Å². The molecule has 0 aliphatic rings. The van der Waals surface area contributed by atoms with Crippen molar-refractivity contribution < 1.29 is 13.3 Å². The van der Waals surface area contributed by atoms with Gasteiger partial charge in [0.2, 0.25) is 0 Å². The van der Waals surface area contributed by atoms with E-state index in [1.165, 1.54) is 0 Å². The SMILES string of the molecule is CC(C)(C)P(OB(OP(C(C)(C)C)(C(C)(C)C)(C(C)(C)C)C(C)(C)C)OP(C(C)(C)C)(C(C)(C)C)(C(C)(C)C)C(C)(C)C)(C(C)(C)C)(C(C)(C)C)C(C)(C)C. The van der Waals surface area contributed by atoms with Crippen molar-refractivity contribution in [2.45, 2.75) is 311 Å². The molecule has 0 bridgehead atoms. The summed E-state index contributed by atoms with van der Waals surface area (Å²) in [4.78, 5) is 0. The van der Waals surface area contributed by atoms with Crippen LogP contribution in [0.5, 0.6) is 0 Å². The Morgan fingerprint density at radius 3 is 0.309 bits per heavy atom. The van der Waals surface area contributed by atoms with Crippen LogP contribution in [0.4, 0.5) is 0 Å². The van der Waals surface area contributed by atoms with Crippen LogP contribution in [0.25, 0.3) is 0 Å². The molecule has 0 fully saturated rings. The van der Waals surface area contributed by atoms with Crippen LogP contribution in [0.3, 0.4) is 0 Å². The molecule has 55 heavy (non-hydrogen) atoms. The normalized spacial score (nSPS) is 18.9. The van der Waals surface area contributed by atoms with Gasteiger partial charge in [0, 0.05) is 0 Å². The fourth-order valence-electron chi connectivity index (χ4n) is 20.6. The molecule has 0 amide bonds. The van der Waals surface area contributed by atoms with E-state index in [4.69, 9.17) is 13.3 Å². The van der Waals surface area contributed by atoms with E-state index in [-0.39, 0.29) is 61.9 Å². The third-order valence-electron chi connectivity index (χ3n) is 16.3. The predicted molar refractivity (Wildman–Crippen MR) is 267 cm³/mol. The Morgan fingerprint density at radius 2 is 0.255 bits per heavy atom. The average Bonchev–Trinajstić information content (AvgIpc) is 2.72. The van der Waals surface area contributed by atoms with E-state index < -0.39 is 27.8 Å². The first kappa shape index (κ1) is 56.2. The Hall–Kier alpha value is 1.23. The summed E-state index contributed by atoms with van der Waals surface area (Å²) in [6, 6.07) is 0. The summed E-state index contributed by atoms with van der Waals surface area (Å²) in [5.74, 6) is 0. The minimum atomic E-state index is -3.71. The molecule has 7 heteroatoms. The van der Waals surface area contributed by atoms with Crippen LogP contribution in [-0.2, 0) is 13.3 Å². The van der Waals surface area contributed by atoms with Crippen molar-refractivity contribution in [3.8, 4) is 0 Å². The summed E-state index contributed by atoms with van der Waals surface area (Å²) < 4.78 is 26.9. The summed E-state index contributed by atoms with van der Waals surface area (Å²) in [7, 11) is -0.960. The van der Waals surface area contributed by atoms with Crippen LogP contribution in [0.15, 0.2) is 0 Å². The fourth-order valence-corrected chi connectivity index (χ4v) is 62.1. The first-order valence-corrected chi connectivity index (χ1v) is 28.4. The van der Waals surface area contributed by atoms with Gasteiger partial charge in [-0.25, -0.2) is 0 Å². The van der Waals surface area contributed by atoms with E-state index in [0.717, 1.165) is 0 Å². The summed E-state index contributed by atoms with van der Waals surface area (Å²) in [5.41, 5.74) is 0. The van der Waals surface area contributed by atoms with E-state index in [1.807, 2.05) is 0 Å². The zero-order valence-corrected chi connectivity index (χ0v) is 47.8. The molecular weight excluding hydrogens is 728 g/mol. The van der Waals surface area contributed by atoms with Gasteiger partial charge in [-0.15, -0.1) is 0 Å². The quantitative estimate of drug-likeness (QED) is 0.197. The molecule has 0 spiro atoms. The van der Waals surface area contributed by atoms with Gasteiger partial charge in [-0.1, -0.05) is 0 Å². The zero-order valence-electron chi connectivity index (χ0n) is 45.1. The van der Waals surface area contributed by atoms with Crippen molar-refractivity contribution in [1.82, 2.24) is 0 Å². The van der Waals surface area contributed by atoms with Crippen molar-refractivity contribution in [2.75, 3.05) is 0 Å². The molecule has 0 heterocycles. The van der Waals surface area contributed by atoms with E-state index in [0.29, 0.717) is 0 Å². The summed E-state index contributed by atoms with van der Waals surface area (Å²) >= 11 is 0. The second-order valence-corrected chi connectivity index (χ2v) is 52.7. The van der Waals surface area contributed by atoms with Crippen LogP contribution < -0.4 is 0 Å². The van der Waals surface area contributed by atoms with E-state index in [1.54, 1.807) is 0 Å². The third-order valence-corrected chi connectivity index (χ3v) is 48.8. The van der Waals surface area contributed by atoms with Gasteiger partial charge < -0.3 is 0 Å². The minimum absolute atomic E-state index is 0.266. The molecule has 0 saturated heterocycles. The van der Waals surface area contributed by atoms with Gasteiger partial charge >= 0.3 is 352 Å². The zero-order chi connectivity index (χ0) is 46.0. The Kier molecular flexibility index (Phi) is 13.9. The second-order valence-electron chi connectivity index (χ2n) is 29.8. The molecule has 0 atom stereocenters. The van der Waals surface area contributed by atoms with Gasteiger partial charge in [0.1, 0.15) is 0 Å². The van der Waals surface area contributed by atoms with Gasteiger partial charge in [0.15, 0.2) is 0 Å². The Balaban J connectivity index is 10.6. The van der Waals surface area contributed by atoms with Crippen LogP contribution >= 0.6 is 20.5 Å². The van der Waals surface area contributed by atoms with Crippen molar-refractivity contribution in [3.05, 3.63) is 0 Å². The van der Waals surface area contributed by atoms with E-state index in [9.17, 15) is 0 Å². The number of hydrogen-bond acceptors (Lipinski definition) is 3. The molecule has 0 aliphatic heterocycles. The molecule has 0 unspecified atom stereocenters. The van der Waals surface area contributed by atoms with Crippen LogP contribution in [0, 0.1) is 0 Å². The average molecular weight is 837 g/mol. The molecule has 336 valence electrons. The van der Waals surface area contributed by atoms with E-state index >= 15 is 0 Å². The molecule has 0 rings (SSSR count). The Labute approximate surface area is 350 Å². The third kappa shape index (κ3) is 5.87. The molecule has 0 N–H and O–H groups in total. The van der Waals surface area contributed by atoms with Gasteiger partial charge in [-0.3, -0.25) is 0 Å². The number of hydrogen-bond donors (Lipinski definition) is 0. The molecule has 0 aromatic rings. The fraction of sp³-hybridized carbons (Fsp3) is 1.00. The van der Waals surface area contributed by atoms with Gasteiger partial charge in [0.25, 0.3) is 0 Å². The monoisotopic (exact) mass is 837 g/mol. The maximum atomic E-state index is 8.96. The van der Waals surface area contributed by atoms with Crippen LogP contribution in [-0.4, -0.2) is 69.2 Å². The first-order chi connectivity index (χ1) is 22.9. The Morgan fingerprint density at radius 1 is 0.182 bits per heavy atom. The summed E-state index contributed by atoms with van der Waals surface area (Å²) in [5, 5.41) is -3.19. The summed E-state index contributed by atoms with van der Waals surface area (Å²) in [6.07, 6.45) is 0. The van der Waals surface area contributed by atoms with Gasteiger partial charge in [0.05, 0.1) is 0 Å². The standard InChI is InChI=1S/C48H108BO3P3/c1-37(2,3)53(38(4,5)6,39(7,8)9,40(10,11)12)50-49(51-54(41(13,14)15,42(16,17)18,43(19,20)21)44(22,23)24)52-55(45(25,26)27,46(28,29)30,47(31,32)33)48(34,35)36/h1-36H3. The first-order valence-electron chi connectivity index (χ1n) is 21.9. The van der Waals surface area contributed by atoms with Crippen molar-refractivity contribution in [1.29, 1.82) is 0 Å². The van der Waals surface area contributed by atoms with Gasteiger partial charge in [-0.05, 0) is 0 Å². The van der Waals surface area contributed by atoms with Crippen molar-refractivity contribution in [3.63, 3.8) is 0 Å². The molecule has 0 aromatic carbocycles. The van der Waals surface area contributed by atoms with Gasteiger partial charge in [-0.2, -0.15) is 0 Å². The number of rotatable bonds is 6. The van der Waals surface area contributed by atoms with Crippen molar-refractivity contribution in [2.24, 2.45) is 0 Å². The topological polar surface area (TPSA) is 27.7 Å². The molecule has 3 nitrogen and oxygen atoms in total. The molecule has 0 aliphatic carbocycles. The predicted octanol–water partition coefficient (Wildman–Crippen LogP) is 18.0. The molecular formula is C48H108BO3P3. The maximum absolute atomic E-state index is 8.96. The molecule has 0 aromatic heterocycles. The molecule has 0 radical (unpaired) electrons. The van der Waals surface area contributed by atoms with Crippen molar-refractivity contribution >= 4 is 27.8 Å².